The normalized spacial score (nSPS) is 23.2. The maximum absolute atomic E-state index is 4.29. The van der Waals surface area contributed by atoms with Gasteiger partial charge in [0.05, 0.1) is 0 Å². The van der Waals surface area contributed by atoms with E-state index in [4.69, 9.17) is 0 Å². The van der Waals surface area contributed by atoms with Crippen molar-refractivity contribution in [2.45, 2.75) is 38.4 Å². The molecule has 5 heteroatoms. The van der Waals surface area contributed by atoms with Crippen LogP contribution in [-0.2, 0) is 6.54 Å². The van der Waals surface area contributed by atoms with E-state index < -0.39 is 0 Å². The minimum Gasteiger partial charge on any atom is -0.314 e. The average Bonchev–Trinajstić information content (AvgIpc) is 3.21. The van der Waals surface area contributed by atoms with Crippen molar-refractivity contribution in [1.82, 2.24) is 25.0 Å². The Morgan fingerprint density at radius 2 is 2.26 bits per heavy atom. The van der Waals surface area contributed by atoms with Gasteiger partial charge < -0.3 is 5.32 Å². The van der Waals surface area contributed by atoms with Gasteiger partial charge in [-0.15, -0.1) is 0 Å². The molecule has 0 unspecified atom stereocenters. The van der Waals surface area contributed by atoms with Crippen LogP contribution in [0.2, 0.25) is 0 Å². The summed E-state index contributed by atoms with van der Waals surface area (Å²) >= 11 is 0. The van der Waals surface area contributed by atoms with Gasteiger partial charge in [-0.3, -0.25) is 14.6 Å². The molecule has 0 amide bonds. The molecular formula is C18H27N5. The summed E-state index contributed by atoms with van der Waals surface area (Å²) in [4.78, 5) is 6.75. The van der Waals surface area contributed by atoms with Crippen LogP contribution in [-0.4, -0.2) is 45.8 Å². The van der Waals surface area contributed by atoms with Crippen molar-refractivity contribution in [2.75, 3.05) is 20.1 Å². The Bertz CT molecular complexity index is 568. The van der Waals surface area contributed by atoms with E-state index >= 15 is 0 Å². The quantitative estimate of drug-likeness (QED) is 0.852. The Hall–Kier alpha value is -1.72. The van der Waals surface area contributed by atoms with Gasteiger partial charge in [0.1, 0.15) is 0 Å². The molecule has 3 heterocycles. The molecule has 1 aliphatic rings. The number of nitrogens with one attached hydrogen (secondary N) is 1. The van der Waals surface area contributed by atoms with Gasteiger partial charge in [-0.1, -0.05) is 6.07 Å². The third kappa shape index (κ3) is 4.18. The average molecular weight is 313 g/mol. The molecule has 0 bridgehead atoms. The lowest BCUT2D eigenvalue weighted by atomic mass is 9.94. The van der Waals surface area contributed by atoms with Crippen LogP contribution in [0, 0.1) is 5.92 Å². The van der Waals surface area contributed by atoms with E-state index in [1.807, 2.05) is 41.6 Å². The highest BCUT2D eigenvalue weighted by atomic mass is 15.3. The number of aryl methyl sites for hydroxylation is 1. The summed E-state index contributed by atoms with van der Waals surface area (Å²) in [5, 5.41) is 7.98. The van der Waals surface area contributed by atoms with Crippen LogP contribution in [0.1, 0.15) is 31.4 Å². The van der Waals surface area contributed by atoms with Crippen molar-refractivity contribution in [3.63, 3.8) is 0 Å². The summed E-state index contributed by atoms with van der Waals surface area (Å²) in [6.45, 7) is 5.46. The lowest BCUT2D eigenvalue weighted by Gasteiger charge is -2.26. The number of likely N-dealkylation sites (tertiary alicyclic amines) is 1. The summed E-state index contributed by atoms with van der Waals surface area (Å²) in [6, 6.07) is 7.20. The topological polar surface area (TPSA) is 46.0 Å². The van der Waals surface area contributed by atoms with E-state index in [1.54, 1.807) is 0 Å². The highest BCUT2D eigenvalue weighted by Crippen LogP contribution is 2.35. The van der Waals surface area contributed by atoms with Crippen LogP contribution in [0.4, 0.5) is 0 Å². The van der Waals surface area contributed by atoms with Gasteiger partial charge in [-0.25, -0.2) is 0 Å². The molecule has 1 fully saturated rings. The molecule has 0 radical (unpaired) electrons. The molecule has 2 aromatic rings. The first-order valence-corrected chi connectivity index (χ1v) is 8.55. The van der Waals surface area contributed by atoms with Crippen LogP contribution in [0.3, 0.4) is 0 Å². The molecule has 0 spiro atoms. The van der Waals surface area contributed by atoms with Crippen LogP contribution in [0.25, 0.3) is 0 Å². The number of hydrogen-bond acceptors (Lipinski definition) is 4. The molecule has 1 N–H and O–H groups in total. The maximum atomic E-state index is 4.29. The minimum absolute atomic E-state index is 0.481. The Morgan fingerprint density at radius 1 is 1.35 bits per heavy atom. The molecular weight excluding hydrogens is 286 g/mol. The van der Waals surface area contributed by atoms with Crippen LogP contribution < -0.4 is 5.32 Å². The molecule has 124 valence electrons. The predicted octanol–water partition coefficient (Wildman–Crippen LogP) is 2.34. The van der Waals surface area contributed by atoms with Gasteiger partial charge in [0, 0.05) is 50.0 Å². The fourth-order valence-corrected chi connectivity index (χ4v) is 3.53. The zero-order chi connectivity index (χ0) is 16.1. The molecule has 2 aromatic heterocycles. The number of hydrogen-bond donors (Lipinski definition) is 1. The van der Waals surface area contributed by atoms with E-state index in [-0.39, 0.29) is 0 Å². The third-order valence-electron chi connectivity index (χ3n) is 4.88. The minimum atomic E-state index is 0.481. The second kappa shape index (κ2) is 7.70. The largest absolute Gasteiger partial charge is 0.314 e. The summed E-state index contributed by atoms with van der Waals surface area (Å²) in [6.07, 6.45) is 10.1. The van der Waals surface area contributed by atoms with Crippen LogP contribution in [0.5, 0.6) is 0 Å². The van der Waals surface area contributed by atoms with E-state index in [2.05, 4.69) is 40.3 Å². The second-order valence-corrected chi connectivity index (χ2v) is 6.63. The van der Waals surface area contributed by atoms with Crippen molar-refractivity contribution in [2.24, 2.45) is 5.92 Å². The van der Waals surface area contributed by atoms with Crippen molar-refractivity contribution >= 4 is 0 Å². The standard InChI is InChI=1S/C18H27N5/c1-15(6-12-23-10-4-9-21-23)20-14-17-7-11-22(2)18(17)16-5-3-8-19-13-16/h3-5,8-10,13,15,17-18,20H,6-7,11-12,14H2,1-2H3/t15-,17-,18-/m0/s1. The molecule has 1 saturated heterocycles. The van der Waals surface area contributed by atoms with E-state index in [9.17, 15) is 0 Å². The molecule has 1 aliphatic heterocycles. The van der Waals surface area contributed by atoms with Gasteiger partial charge in [0.2, 0.25) is 0 Å². The molecule has 0 aliphatic carbocycles. The summed E-state index contributed by atoms with van der Waals surface area (Å²) < 4.78 is 2.00. The lowest BCUT2D eigenvalue weighted by molar-refractivity contribution is 0.266. The van der Waals surface area contributed by atoms with Gasteiger partial charge in [-0.2, -0.15) is 5.10 Å². The monoisotopic (exact) mass is 313 g/mol. The Balaban J connectivity index is 1.50. The fourth-order valence-electron chi connectivity index (χ4n) is 3.53. The molecule has 0 saturated carbocycles. The Labute approximate surface area is 138 Å². The molecule has 5 nitrogen and oxygen atoms in total. The molecule has 23 heavy (non-hydrogen) atoms. The first-order chi connectivity index (χ1) is 11.2. The fraction of sp³-hybridized carbons (Fsp3) is 0.556. The summed E-state index contributed by atoms with van der Waals surface area (Å²) in [5.74, 6) is 0.649. The summed E-state index contributed by atoms with van der Waals surface area (Å²) in [5.41, 5.74) is 1.34. The van der Waals surface area contributed by atoms with E-state index in [0.717, 1.165) is 26.1 Å². The van der Waals surface area contributed by atoms with Crippen molar-refractivity contribution in [3.05, 3.63) is 48.5 Å². The Kier molecular flexibility index (Phi) is 5.41. The predicted molar refractivity (Wildman–Crippen MR) is 92.0 cm³/mol. The first-order valence-electron chi connectivity index (χ1n) is 8.55. The first kappa shape index (κ1) is 16.1. The maximum Gasteiger partial charge on any atom is 0.0489 e. The van der Waals surface area contributed by atoms with Crippen molar-refractivity contribution in [1.29, 1.82) is 0 Å². The highest BCUT2D eigenvalue weighted by Gasteiger charge is 2.32. The van der Waals surface area contributed by atoms with Gasteiger partial charge >= 0.3 is 0 Å². The molecule has 3 rings (SSSR count). The number of rotatable bonds is 7. The van der Waals surface area contributed by atoms with Gasteiger partial charge in [0.15, 0.2) is 0 Å². The number of aromatic nitrogens is 3. The van der Waals surface area contributed by atoms with Crippen molar-refractivity contribution < 1.29 is 0 Å². The second-order valence-electron chi connectivity index (χ2n) is 6.63. The van der Waals surface area contributed by atoms with Crippen LogP contribution in [0.15, 0.2) is 43.0 Å². The SMILES string of the molecule is C[C@@H](CCn1cccn1)NC[C@@H]1CCN(C)[C@H]1c1cccnc1. The Morgan fingerprint density at radius 3 is 3.00 bits per heavy atom. The highest BCUT2D eigenvalue weighted by molar-refractivity contribution is 5.17. The smallest absolute Gasteiger partial charge is 0.0489 e. The third-order valence-corrected chi connectivity index (χ3v) is 4.88. The molecule has 0 aromatic carbocycles. The van der Waals surface area contributed by atoms with Gasteiger partial charge in [0.25, 0.3) is 0 Å². The summed E-state index contributed by atoms with van der Waals surface area (Å²) in [7, 11) is 2.22. The van der Waals surface area contributed by atoms with Gasteiger partial charge in [-0.05, 0) is 57.0 Å². The number of pyridine rings is 1. The lowest BCUT2D eigenvalue weighted by Crippen LogP contribution is -2.34. The zero-order valence-electron chi connectivity index (χ0n) is 14.1. The van der Waals surface area contributed by atoms with E-state index in [1.165, 1.54) is 12.0 Å². The molecule has 3 atom stereocenters. The number of nitrogens with zero attached hydrogens (tertiary/aromatic N) is 4. The van der Waals surface area contributed by atoms with Crippen LogP contribution >= 0.6 is 0 Å². The van der Waals surface area contributed by atoms with Crippen molar-refractivity contribution in [3.8, 4) is 0 Å². The van der Waals surface area contributed by atoms with E-state index in [0.29, 0.717) is 18.0 Å². The zero-order valence-corrected chi connectivity index (χ0v) is 14.1.